The monoisotopic (exact) mass is 563 g/mol. The Morgan fingerprint density at radius 2 is 1.66 bits per heavy atom. The summed E-state index contributed by atoms with van der Waals surface area (Å²) in [6.45, 7) is 11.0. The van der Waals surface area contributed by atoms with Gasteiger partial charge >= 0.3 is 0 Å². The van der Waals surface area contributed by atoms with E-state index in [0.717, 1.165) is 18.4 Å². The Kier molecular flexibility index (Phi) is 8.18. The molecule has 8 nitrogen and oxygen atoms in total. The lowest BCUT2D eigenvalue weighted by Crippen LogP contribution is -2.60. The van der Waals surface area contributed by atoms with E-state index in [-0.39, 0.29) is 36.3 Å². The SMILES string of the molecule is CCCC(C)N1CC=C[C@]23O[C@@]4(CC)C=CCN(Cc5ccccc5)C(=O)[C@H]4[C@H]2C(=O)N([C@@H](CO)C(C)C)C3C1=O. The predicted octanol–water partition coefficient (Wildman–Crippen LogP) is 3.55. The number of carbonyl (C=O) groups excluding carboxylic acids is 3. The molecule has 1 aromatic rings. The molecular weight excluding hydrogens is 518 g/mol. The van der Waals surface area contributed by atoms with Gasteiger partial charge in [0.05, 0.1) is 30.1 Å². The second-order valence-corrected chi connectivity index (χ2v) is 12.5. The van der Waals surface area contributed by atoms with Crippen molar-refractivity contribution in [3.63, 3.8) is 0 Å². The number of likely N-dealkylation sites (tertiary alicyclic amines) is 1. The van der Waals surface area contributed by atoms with Crippen molar-refractivity contribution in [1.29, 1.82) is 0 Å². The highest BCUT2D eigenvalue weighted by Gasteiger charge is 2.76. The van der Waals surface area contributed by atoms with Crippen LogP contribution in [0.25, 0.3) is 0 Å². The highest BCUT2D eigenvalue weighted by Crippen LogP contribution is 2.59. The minimum atomic E-state index is -1.31. The molecular formula is C33H45N3O5. The summed E-state index contributed by atoms with van der Waals surface area (Å²) in [6.07, 6.45) is 10.0. The predicted molar refractivity (Wildman–Crippen MR) is 156 cm³/mol. The molecule has 1 aromatic carbocycles. The Morgan fingerprint density at radius 3 is 2.29 bits per heavy atom. The molecule has 8 heteroatoms. The fourth-order valence-electron chi connectivity index (χ4n) is 7.66. The highest BCUT2D eigenvalue weighted by atomic mass is 16.5. The molecule has 1 spiro atoms. The summed E-state index contributed by atoms with van der Waals surface area (Å²) in [6, 6.07) is 8.28. The van der Waals surface area contributed by atoms with Crippen molar-refractivity contribution in [3.8, 4) is 0 Å². The van der Waals surface area contributed by atoms with E-state index in [1.165, 1.54) is 0 Å². The smallest absolute Gasteiger partial charge is 0.249 e. The third-order valence-electron chi connectivity index (χ3n) is 9.76. The standard InChI is InChI=1S/C33H45N3O5/c1-6-13-23(5)35-19-12-17-33-27(30(39)36(28(33)31(35)40)25(21-37)22(3)4)26-29(38)34(20-24-14-9-8-10-15-24)18-11-16-32(26,7-2)41-33/h8-12,14-17,22-23,25-28,37H,6-7,13,18-21H2,1-5H3/t23?,25-,26+,27-,28?,32-,33-/m0/s1. The summed E-state index contributed by atoms with van der Waals surface area (Å²) >= 11 is 0. The van der Waals surface area contributed by atoms with Crippen LogP contribution in [-0.2, 0) is 25.7 Å². The molecule has 4 aliphatic rings. The molecule has 222 valence electrons. The van der Waals surface area contributed by atoms with Crippen LogP contribution in [0.1, 0.15) is 59.4 Å². The largest absolute Gasteiger partial charge is 0.394 e. The van der Waals surface area contributed by atoms with Gasteiger partial charge in [-0.2, -0.15) is 0 Å². The molecule has 2 unspecified atom stereocenters. The molecule has 1 N–H and O–H groups in total. The van der Waals surface area contributed by atoms with Crippen molar-refractivity contribution in [2.75, 3.05) is 19.7 Å². The van der Waals surface area contributed by atoms with Crippen LogP contribution in [0.5, 0.6) is 0 Å². The van der Waals surface area contributed by atoms with Crippen LogP contribution >= 0.6 is 0 Å². The van der Waals surface area contributed by atoms with Gasteiger partial charge in [0.1, 0.15) is 11.6 Å². The third-order valence-corrected chi connectivity index (χ3v) is 9.76. The van der Waals surface area contributed by atoms with Crippen LogP contribution in [0.2, 0.25) is 0 Å². The maximum absolute atomic E-state index is 14.7. The lowest BCUT2D eigenvalue weighted by molar-refractivity contribution is -0.159. The van der Waals surface area contributed by atoms with Gasteiger partial charge in [-0.1, -0.05) is 88.8 Å². The normalized spacial score (nSPS) is 32.6. The van der Waals surface area contributed by atoms with Gasteiger partial charge in [0.2, 0.25) is 17.7 Å². The minimum Gasteiger partial charge on any atom is -0.394 e. The van der Waals surface area contributed by atoms with Crippen molar-refractivity contribution in [3.05, 3.63) is 60.2 Å². The van der Waals surface area contributed by atoms with Crippen molar-refractivity contribution in [1.82, 2.24) is 14.7 Å². The summed E-state index contributed by atoms with van der Waals surface area (Å²) in [7, 11) is 0. The third kappa shape index (κ3) is 4.63. The number of ether oxygens (including phenoxy) is 1. The number of benzene rings is 1. The summed E-state index contributed by atoms with van der Waals surface area (Å²) in [5, 5.41) is 10.5. The molecule has 4 heterocycles. The van der Waals surface area contributed by atoms with E-state index in [4.69, 9.17) is 4.74 Å². The fourth-order valence-corrected chi connectivity index (χ4v) is 7.66. The maximum atomic E-state index is 14.7. The Labute approximate surface area is 244 Å². The Bertz CT molecular complexity index is 1210. The quantitative estimate of drug-likeness (QED) is 0.464. The highest BCUT2D eigenvalue weighted by molar-refractivity contribution is 6.00. The van der Waals surface area contributed by atoms with Crippen LogP contribution in [-0.4, -0.2) is 86.6 Å². The number of hydrogen-bond donors (Lipinski definition) is 1. The number of nitrogens with zero attached hydrogens (tertiary/aromatic N) is 3. The zero-order valence-corrected chi connectivity index (χ0v) is 25.0. The average molecular weight is 564 g/mol. The zero-order valence-electron chi connectivity index (χ0n) is 25.0. The van der Waals surface area contributed by atoms with Gasteiger partial charge in [0.15, 0.2) is 0 Å². The number of carbonyl (C=O) groups is 3. The molecule has 2 saturated heterocycles. The number of amides is 3. The maximum Gasteiger partial charge on any atom is 0.249 e. The molecule has 0 radical (unpaired) electrons. The lowest BCUT2D eigenvalue weighted by Gasteiger charge is -2.42. The van der Waals surface area contributed by atoms with Crippen molar-refractivity contribution >= 4 is 17.7 Å². The molecule has 0 bridgehead atoms. The van der Waals surface area contributed by atoms with Crippen molar-refractivity contribution in [2.45, 2.75) is 89.8 Å². The number of aliphatic hydroxyl groups is 1. The molecule has 0 saturated carbocycles. The zero-order chi connectivity index (χ0) is 29.5. The van der Waals surface area contributed by atoms with Gasteiger partial charge in [-0.3, -0.25) is 14.4 Å². The van der Waals surface area contributed by atoms with Gasteiger partial charge in [-0.25, -0.2) is 0 Å². The van der Waals surface area contributed by atoms with E-state index >= 15 is 0 Å². The van der Waals surface area contributed by atoms with E-state index in [2.05, 4.69) is 6.92 Å². The summed E-state index contributed by atoms with van der Waals surface area (Å²) in [5.41, 5.74) is -1.32. The average Bonchev–Trinajstić information content (AvgIpc) is 3.24. The van der Waals surface area contributed by atoms with Crippen LogP contribution in [0.15, 0.2) is 54.6 Å². The number of hydrogen-bond acceptors (Lipinski definition) is 5. The van der Waals surface area contributed by atoms with Gasteiger partial charge < -0.3 is 24.5 Å². The number of rotatable bonds is 9. The first-order valence-electron chi connectivity index (χ1n) is 15.3. The Hall–Kier alpha value is -2.97. The first kappa shape index (κ1) is 29.5. The van der Waals surface area contributed by atoms with Crippen LogP contribution in [0.3, 0.4) is 0 Å². The van der Waals surface area contributed by atoms with Crippen LogP contribution in [0, 0.1) is 17.8 Å². The topological polar surface area (TPSA) is 90.4 Å². The Morgan fingerprint density at radius 1 is 0.951 bits per heavy atom. The molecule has 41 heavy (non-hydrogen) atoms. The summed E-state index contributed by atoms with van der Waals surface area (Å²) < 4.78 is 7.07. The lowest BCUT2D eigenvalue weighted by atomic mass is 9.73. The molecule has 7 atom stereocenters. The second-order valence-electron chi connectivity index (χ2n) is 12.5. The molecule has 0 aromatic heterocycles. The first-order chi connectivity index (χ1) is 19.7. The molecule has 2 fully saturated rings. The van der Waals surface area contributed by atoms with E-state index in [1.54, 1.807) is 9.80 Å². The minimum absolute atomic E-state index is 0.0233. The van der Waals surface area contributed by atoms with E-state index in [1.807, 2.05) is 87.2 Å². The molecule has 4 aliphatic heterocycles. The van der Waals surface area contributed by atoms with Crippen molar-refractivity contribution < 1.29 is 24.2 Å². The van der Waals surface area contributed by atoms with Gasteiger partial charge in [-0.05, 0) is 31.2 Å². The van der Waals surface area contributed by atoms with Gasteiger partial charge in [-0.15, -0.1) is 0 Å². The van der Waals surface area contributed by atoms with E-state index < -0.39 is 35.1 Å². The molecule has 0 aliphatic carbocycles. The summed E-state index contributed by atoms with van der Waals surface area (Å²) in [5.74, 6) is -2.37. The van der Waals surface area contributed by atoms with Crippen LogP contribution in [0.4, 0.5) is 0 Å². The Balaban J connectivity index is 1.64. The van der Waals surface area contributed by atoms with Gasteiger partial charge in [0.25, 0.3) is 0 Å². The first-order valence-corrected chi connectivity index (χ1v) is 15.3. The molecule has 3 amide bonds. The number of fused-ring (bicyclic) bond motifs is 2. The summed E-state index contributed by atoms with van der Waals surface area (Å²) in [4.78, 5) is 49.0. The second kappa shape index (κ2) is 11.4. The molecule has 5 rings (SSSR count). The van der Waals surface area contributed by atoms with E-state index in [0.29, 0.717) is 26.1 Å². The van der Waals surface area contributed by atoms with Crippen LogP contribution < -0.4 is 0 Å². The van der Waals surface area contributed by atoms with Gasteiger partial charge in [0, 0.05) is 25.7 Å². The number of aliphatic hydroxyl groups excluding tert-OH is 1. The van der Waals surface area contributed by atoms with E-state index in [9.17, 15) is 19.5 Å². The van der Waals surface area contributed by atoms with Crippen molar-refractivity contribution in [2.24, 2.45) is 17.8 Å². The fraction of sp³-hybridized carbons (Fsp3) is 0.606.